The normalized spacial score (nSPS) is 20.7. The van der Waals surface area contributed by atoms with Crippen molar-refractivity contribution in [1.29, 1.82) is 0 Å². The predicted molar refractivity (Wildman–Crippen MR) is 107 cm³/mol. The molecule has 160 valence electrons. The number of likely N-dealkylation sites (N-methyl/N-ethyl adjacent to an activating group) is 1. The first kappa shape index (κ1) is 20.5. The molecule has 4 rings (SSSR count). The highest BCUT2D eigenvalue weighted by Crippen LogP contribution is 2.33. The van der Waals surface area contributed by atoms with Crippen molar-refractivity contribution in [2.24, 2.45) is 0 Å². The number of carbonyl (C=O) groups excluding carboxylic acids is 1. The average molecular weight is 420 g/mol. The van der Waals surface area contributed by atoms with Gasteiger partial charge in [-0.05, 0) is 43.4 Å². The van der Waals surface area contributed by atoms with Crippen LogP contribution in [0.5, 0.6) is 5.75 Å². The molecule has 0 bridgehead atoms. The Morgan fingerprint density at radius 1 is 1.03 bits per heavy atom. The van der Waals surface area contributed by atoms with Crippen LogP contribution in [-0.2, 0) is 11.0 Å². The number of rotatable bonds is 4. The zero-order chi connectivity index (χ0) is 21.3. The van der Waals surface area contributed by atoms with Crippen molar-refractivity contribution in [3.63, 3.8) is 0 Å². The van der Waals surface area contributed by atoms with Gasteiger partial charge in [-0.3, -0.25) is 4.79 Å². The number of piperazine rings is 1. The third-order valence-electron chi connectivity index (χ3n) is 5.49. The predicted octanol–water partition coefficient (Wildman–Crippen LogP) is 3.04. The second-order valence-electron chi connectivity index (χ2n) is 7.55. The fourth-order valence-electron chi connectivity index (χ4n) is 3.73. The lowest BCUT2D eigenvalue weighted by Crippen LogP contribution is -2.45. The number of alkyl halides is 3. The summed E-state index contributed by atoms with van der Waals surface area (Å²) in [6.07, 6.45) is -2.94. The lowest BCUT2D eigenvalue weighted by Gasteiger charge is -2.34. The first-order valence-electron chi connectivity index (χ1n) is 9.87. The Kier molecular flexibility index (Phi) is 5.55. The largest absolute Gasteiger partial charge is 0.477 e. The van der Waals surface area contributed by atoms with Gasteiger partial charge < -0.3 is 19.4 Å². The van der Waals surface area contributed by atoms with Crippen molar-refractivity contribution < 1.29 is 22.7 Å². The van der Waals surface area contributed by atoms with Crippen LogP contribution in [0.2, 0.25) is 0 Å². The Hall–Kier alpha value is -2.81. The summed E-state index contributed by atoms with van der Waals surface area (Å²) in [6.45, 7) is 3.86. The van der Waals surface area contributed by atoms with Gasteiger partial charge >= 0.3 is 6.18 Å². The molecule has 1 unspecified atom stereocenters. The van der Waals surface area contributed by atoms with Gasteiger partial charge in [0.15, 0.2) is 17.7 Å². The number of anilines is 2. The van der Waals surface area contributed by atoms with Gasteiger partial charge in [0.05, 0.1) is 5.56 Å². The van der Waals surface area contributed by atoms with Gasteiger partial charge in [0.25, 0.3) is 5.91 Å². The van der Waals surface area contributed by atoms with E-state index in [1.54, 1.807) is 18.3 Å². The van der Waals surface area contributed by atoms with E-state index in [4.69, 9.17) is 4.74 Å². The lowest BCUT2D eigenvalue weighted by atomic mass is 10.2. The molecule has 0 saturated carbocycles. The number of benzene rings is 1. The number of hydrogen-bond acceptors (Lipinski definition) is 5. The minimum atomic E-state index is -4.40. The van der Waals surface area contributed by atoms with Gasteiger partial charge in [-0.25, -0.2) is 4.98 Å². The number of pyridine rings is 1. The van der Waals surface area contributed by atoms with Gasteiger partial charge in [0.2, 0.25) is 0 Å². The average Bonchev–Trinajstić information content (AvgIpc) is 3.09. The summed E-state index contributed by atoms with van der Waals surface area (Å²) in [6, 6.07) is 8.19. The summed E-state index contributed by atoms with van der Waals surface area (Å²) in [7, 11) is 2.07. The number of halogens is 3. The third-order valence-corrected chi connectivity index (χ3v) is 5.49. The molecular formula is C21H23F3N4O2. The summed E-state index contributed by atoms with van der Waals surface area (Å²) in [5.41, 5.74) is -0.303. The molecule has 2 saturated heterocycles. The van der Waals surface area contributed by atoms with Gasteiger partial charge in [-0.2, -0.15) is 13.2 Å². The SMILES string of the molecule is CN1CCN(c2ncccc2OC2CCN(c3ccc(C(F)(F)F)cc3)C2=O)CC1. The van der Waals surface area contributed by atoms with Crippen molar-refractivity contribution in [2.45, 2.75) is 18.7 Å². The quantitative estimate of drug-likeness (QED) is 0.761. The van der Waals surface area contributed by atoms with Crippen molar-refractivity contribution in [2.75, 3.05) is 49.6 Å². The molecule has 2 fully saturated rings. The minimum Gasteiger partial charge on any atom is -0.477 e. The number of amides is 1. The minimum absolute atomic E-state index is 0.261. The molecule has 3 heterocycles. The Balaban J connectivity index is 1.46. The second-order valence-corrected chi connectivity index (χ2v) is 7.55. The summed E-state index contributed by atoms with van der Waals surface area (Å²) < 4.78 is 44.4. The number of nitrogens with zero attached hydrogens (tertiary/aromatic N) is 4. The molecule has 2 aliphatic rings. The van der Waals surface area contributed by atoms with Crippen LogP contribution in [0.4, 0.5) is 24.7 Å². The van der Waals surface area contributed by atoms with Gasteiger partial charge in [0.1, 0.15) is 0 Å². The second kappa shape index (κ2) is 8.14. The molecule has 9 heteroatoms. The van der Waals surface area contributed by atoms with Crippen molar-refractivity contribution in [1.82, 2.24) is 9.88 Å². The molecule has 0 radical (unpaired) electrons. The molecule has 1 amide bonds. The monoisotopic (exact) mass is 420 g/mol. The molecule has 1 aromatic carbocycles. The van der Waals surface area contributed by atoms with E-state index in [0.717, 1.165) is 38.3 Å². The maximum atomic E-state index is 12.9. The first-order chi connectivity index (χ1) is 14.3. The van der Waals surface area contributed by atoms with E-state index in [-0.39, 0.29) is 5.91 Å². The van der Waals surface area contributed by atoms with E-state index in [9.17, 15) is 18.0 Å². The number of hydrogen-bond donors (Lipinski definition) is 0. The smallest absolute Gasteiger partial charge is 0.416 e. The molecule has 2 aromatic rings. The highest BCUT2D eigenvalue weighted by Gasteiger charge is 2.36. The Labute approximate surface area is 172 Å². The highest BCUT2D eigenvalue weighted by molar-refractivity contribution is 5.99. The highest BCUT2D eigenvalue weighted by atomic mass is 19.4. The molecule has 6 nitrogen and oxygen atoms in total. The zero-order valence-corrected chi connectivity index (χ0v) is 16.6. The van der Waals surface area contributed by atoms with Crippen molar-refractivity contribution in [3.8, 4) is 5.75 Å². The van der Waals surface area contributed by atoms with Crippen LogP contribution in [0.3, 0.4) is 0 Å². The van der Waals surface area contributed by atoms with E-state index < -0.39 is 17.8 Å². The number of aromatic nitrogens is 1. The van der Waals surface area contributed by atoms with Gasteiger partial charge in [0, 0.05) is 51.0 Å². The summed E-state index contributed by atoms with van der Waals surface area (Å²) in [4.78, 5) is 23.2. The fourth-order valence-corrected chi connectivity index (χ4v) is 3.73. The van der Waals surface area contributed by atoms with Crippen LogP contribution in [-0.4, -0.2) is 61.7 Å². The standard InChI is InChI=1S/C21H23F3N4O2/c1-26-11-13-27(14-12-26)19-17(3-2-9-25-19)30-18-8-10-28(20(18)29)16-6-4-15(5-7-16)21(22,23)24/h2-7,9,18H,8,10-14H2,1H3. The molecule has 1 atom stereocenters. The van der Waals surface area contributed by atoms with Crippen LogP contribution in [0, 0.1) is 0 Å². The van der Waals surface area contributed by atoms with E-state index in [1.807, 2.05) is 0 Å². The molecule has 1 aromatic heterocycles. The summed E-state index contributed by atoms with van der Waals surface area (Å²) in [5.74, 6) is 1.00. The number of ether oxygens (including phenoxy) is 1. The molecule has 0 spiro atoms. The van der Waals surface area contributed by atoms with Crippen molar-refractivity contribution >= 4 is 17.4 Å². The van der Waals surface area contributed by atoms with Crippen molar-refractivity contribution in [3.05, 3.63) is 48.2 Å². The van der Waals surface area contributed by atoms with Crippen LogP contribution < -0.4 is 14.5 Å². The summed E-state index contributed by atoms with van der Waals surface area (Å²) >= 11 is 0. The zero-order valence-electron chi connectivity index (χ0n) is 16.6. The van der Waals surface area contributed by atoms with Crippen LogP contribution in [0.25, 0.3) is 0 Å². The van der Waals surface area contributed by atoms with E-state index in [0.29, 0.717) is 30.2 Å². The number of carbonyl (C=O) groups is 1. The molecular weight excluding hydrogens is 397 g/mol. The van der Waals surface area contributed by atoms with E-state index >= 15 is 0 Å². The molecule has 0 N–H and O–H groups in total. The molecule has 0 aliphatic carbocycles. The van der Waals surface area contributed by atoms with Gasteiger partial charge in [-0.1, -0.05) is 0 Å². The Bertz CT molecular complexity index is 896. The van der Waals surface area contributed by atoms with Crippen LogP contribution >= 0.6 is 0 Å². The third kappa shape index (κ3) is 4.21. The summed E-state index contributed by atoms with van der Waals surface area (Å²) in [5, 5.41) is 0. The topological polar surface area (TPSA) is 48.9 Å². The maximum absolute atomic E-state index is 12.9. The van der Waals surface area contributed by atoms with Crippen LogP contribution in [0.15, 0.2) is 42.6 Å². The maximum Gasteiger partial charge on any atom is 0.416 e. The first-order valence-corrected chi connectivity index (χ1v) is 9.87. The Morgan fingerprint density at radius 3 is 2.40 bits per heavy atom. The van der Waals surface area contributed by atoms with E-state index in [2.05, 4.69) is 21.8 Å². The molecule has 2 aliphatic heterocycles. The van der Waals surface area contributed by atoms with Gasteiger partial charge in [-0.15, -0.1) is 0 Å². The molecule has 30 heavy (non-hydrogen) atoms. The van der Waals surface area contributed by atoms with Crippen LogP contribution in [0.1, 0.15) is 12.0 Å². The lowest BCUT2D eigenvalue weighted by molar-refractivity contribution is -0.137. The fraction of sp³-hybridized carbons (Fsp3) is 0.429. The van der Waals surface area contributed by atoms with E-state index in [1.165, 1.54) is 17.0 Å². The Morgan fingerprint density at radius 2 is 1.73 bits per heavy atom.